The van der Waals surface area contributed by atoms with Crippen molar-refractivity contribution in [3.63, 3.8) is 0 Å². The molecule has 190 valence electrons. The maximum Gasteiger partial charge on any atom is 0.420 e. The molecule has 0 N–H and O–H groups in total. The number of nitrogens with zero attached hydrogens (tertiary/aromatic N) is 1. The van der Waals surface area contributed by atoms with E-state index in [0.717, 1.165) is 0 Å². The Balaban J connectivity index is 3.29. The number of cyclic esters (lactones) is 1. The normalized spacial score (nSPS) is 24.5. The molecule has 0 aromatic rings. The van der Waals surface area contributed by atoms with Crippen molar-refractivity contribution in [3.8, 4) is 0 Å². The minimum atomic E-state index is -1.48. The second-order valence-corrected chi connectivity index (χ2v) is 9.48. The monoisotopic (exact) mass is 475 g/mol. The molecule has 0 bridgehead atoms. The molecule has 1 rings (SSSR count). The summed E-state index contributed by atoms with van der Waals surface area (Å²) in [5.41, 5.74) is -1.89. The van der Waals surface area contributed by atoms with Gasteiger partial charge in [-0.3, -0.25) is 0 Å². The van der Waals surface area contributed by atoms with Gasteiger partial charge in [0, 0.05) is 6.61 Å². The number of rotatable bonds is 6. The van der Waals surface area contributed by atoms with Gasteiger partial charge in [0.05, 0.1) is 13.2 Å². The van der Waals surface area contributed by atoms with Crippen molar-refractivity contribution < 1.29 is 47.6 Å². The zero-order chi connectivity index (χ0) is 25.4. The van der Waals surface area contributed by atoms with Crippen LogP contribution in [0.25, 0.3) is 0 Å². The van der Waals surface area contributed by atoms with E-state index >= 15 is 0 Å². The van der Waals surface area contributed by atoms with E-state index in [4.69, 9.17) is 28.4 Å². The molecule has 0 radical (unpaired) electrons. The number of hydrogen-bond donors (Lipinski definition) is 0. The van der Waals surface area contributed by atoms with E-state index in [1.807, 2.05) is 0 Å². The van der Waals surface area contributed by atoms with Crippen molar-refractivity contribution in [1.29, 1.82) is 0 Å². The number of aldehydes is 1. The molecule has 0 saturated carbocycles. The fourth-order valence-electron chi connectivity index (χ4n) is 2.96. The second kappa shape index (κ2) is 12.3. The van der Waals surface area contributed by atoms with Gasteiger partial charge in [-0.05, 0) is 55.4 Å². The summed E-state index contributed by atoms with van der Waals surface area (Å²) < 4.78 is 33.0. The highest BCUT2D eigenvalue weighted by atomic mass is 16.6. The lowest BCUT2D eigenvalue weighted by Crippen LogP contribution is -2.54. The molecular weight excluding hydrogens is 438 g/mol. The average Bonchev–Trinajstić information content (AvgIpc) is 2.69. The molecular formula is C22H37NO10. The van der Waals surface area contributed by atoms with Crippen LogP contribution in [-0.2, 0) is 38.0 Å². The Morgan fingerprint density at radius 1 is 1.03 bits per heavy atom. The predicted molar refractivity (Wildman–Crippen MR) is 116 cm³/mol. The van der Waals surface area contributed by atoms with Crippen LogP contribution in [0.3, 0.4) is 0 Å². The van der Waals surface area contributed by atoms with E-state index in [2.05, 4.69) is 0 Å². The Bertz CT molecular complexity index is 654. The maximum absolute atomic E-state index is 13.1. The number of carbonyl (C=O) groups is 4. The molecule has 4 atom stereocenters. The minimum absolute atomic E-state index is 0.0769. The van der Waals surface area contributed by atoms with Gasteiger partial charge in [0.25, 0.3) is 0 Å². The highest BCUT2D eigenvalue weighted by Gasteiger charge is 2.44. The van der Waals surface area contributed by atoms with Crippen molar-refractivity contribution in [2.75, 3.05) is 26.4 Å². The number of esters is 1. The summed E-state index contributed by atoms with van der Waals surface area (Å²) in [6.45, 7) is 12.7. The number of imide groups is 1. The van der Waals surface area contributed by atoms with E-state index in [-0.39, 0.29) is 13.2 Å². The van der Waals surface area contributed by atoms with Gasteiger partial charge in [-0.1, -0.05) is 0 Å². The van der Waals surface area contributed by atoms with Gasteiger partial charge in [-0.15, -0.1) is 0 Å². The molecule has 0 aliphatic carbocycles. The van der Waals surface area contributed by atoms with Gasteiger partial charge in [0.2, 0.25) is 0 Å². The smallest absolute Gasteiger partial charge is 0.420 e. The molecule has 11 nitrogen and oxygen atoms in total. The van der Waals surface area contributed by atoms with Crippen LogP contribution in [0.5, 0.6) is 0 Å². The summed E-state index contributed by atoms with van der Waals surface area (Å²) in [5.74, 6) is -0.903. The van der Waals surface area contributed by atoms with E-state index < -0.39 is 60.3 Å². The van der Waals surface area contributed by atoms with Gasteiger partial charge in [0.15, 0.2) is 6.04 Å². The fraction of sp³-hybridized carbons (Fsp3) is 0.818. The summed E-state index contributed by atoms with van der Waals surface area (Å²) >= 11 is 0. The standard InChI is InChI=1S/C22H37NO10/c1-9-29-17-14(2)31-18(25)15(12-28-13-16(17)30-11-10-24)23(19(26)32-21(3,4)5)20(27)33-22(6,7)8/h10,14-17H,9,11-13H2,1-8H3/t14-,15-,16-,17-/m0/s1. The largest absolute Gasteiger partial charge is 0.458 e. The lowest BCUT2D eigenvalue weighted by Gasteiger charge is -2.32. The third-order valence-electron chi connectivity index (χ3n) is 4.19. The maximum atomic E-state index is 13.1. The number of carbonyl (C=O) groups excluding carboxylic acids is 4. The summed E-state index contributed by atoms with van der Waals surface area (Å²) in [5, 5.41) is 0. The lowest BCUT2D eigenvalue weighted by atomic mass is 10.1. The van der Waals surface area contributed by atoms with E-state index in [1.54, 1.807) is 55.4 Å². The SMILES string of the molecule is CCO[C@H]1[C@H](C)OC(=O)[C@@H](N(C(=O)OC(C)(C)C)C(=O)OC(C)(C)C)COC[C@@H]1OCC=O. The first kappa shape index (κ1) is 28.8. The van der Waals surface area contributed by atoms with Crippen LogP contribution < -0.4 is 0 Å². The molecule has 1 aliphatic rings. The van der Waals surface area contributed by atoms with Gasteiger partial charge in [0.1, 0.15) is 42.4 Å². The zero-order valence-corrected chi connectivity index (χ0v) is 20.7. The van der Waals surface area contributed by atoms with Crippen molar-refractivity contribution in [2.24, 2.45) is 0 Å². The summed E-state index contributed by atoms with van der Waals surface area (Å²) in [4.78, 5) is 50.3. The van der Waals surface area contributed by atoms with Crippen LogP contribution in [0.15, 0.2) is 0 Å². The van der Waals surface area contributed by atoms with Gasteiger partial charge in [-0.25, -0.2) is 14.4 Å². The summed E-state index contributed by atoms with van der Waals surface area (Å²) in [6, 6.07) is -1.48. The zero-order valence-electron chi connectivity index (χ0n) is 20.7. The highest BCUT2D eigenvalue weighted by Crippen LogP contribution is 2.21. The minimum Gasteiger partial charge on any atom is -0.458 e. The van der Waals surface area contributed by atoms with Crippen LogP contribution in [0.2, 0.25) is 0 Å². The molecule has 0 spiro atoms. The molecule has 11 heteroatoms. The Morgan fingerprint density at radius 2 is 1.58 bits per heavy atom. The van der Waals surface area contributed by atoms with Crippen LogP contribution >= 0.6 is 0 Å². The summed E-state index contributed by atoms with van der Waals surface area (Å²) in [7, 11) is 0. The van der Waals surface area contributed by atoms with Gasteiger partial charge >= 0.3 is 18.2 Å². The van der Waals surface area contributed by atoms with Gasteiger partial charge < -0.3 is 33.2 Å². The summed E-state index contributed by atoms with van der Waals surface area (Å²) in [6.07, 6.45) is -3.88. The van der Waals surface area contributed by atoms with E-state index in [0.29, 0.717) is 17.8 Å². The molecule has 1 saturated heterocycles. The number of hydrogen-bond acceptors (Lipinski definition) is 10. The van der Waals surface area contributed by atoms with E-state index in [1.165, 1.54) is 0 Å². The van der Waals surface area contributed by atoms with Crippen LogP contribution in [-0.4, -0.2) is 91.3 Å². The quantitative estimate of drug-likeness (QED) is 0.321. The third kappa shape index (κ3) is 9.65. The number of ether oxygens (including phenoxy) is 6. The first-order valence-corrected chi connectivity index (χ1v) is 10.9. The molecule has 2 amide bonds. The van der Waals surface area contributed by atoms with Crippen LogP contribution in [0, 0.1) is 0 Å². The third-order valence-corrected chi connectivity index (χ3v) is 4.19. The topological polar surface area (TPSA) is 127 Å². The van der Waals surface area contributed by atoms with Crippen molar-refractivity contribution in [2.45, 2.75) is 90.9 Å². The Hall–Kier alpha value is -2.24. The molecule has 1 heterocycles. The van der Waals surface area contributed by atoms with Crippen LogP contribution in [0.4, 0.5) is 9.59 Å². The van der Waals surface area contributed by atoms with Crippen molar-refractivity contribution in [3.05, 3.63) is 0 Å². The molecule has 0 aromatic heterocycles. The Morgan fingerprint density at radius 3 is 2.03 bits per heavy atom. The van der Waals surface area contributed by atoms with Crippen molar-refractivity contribution in [1.82, 2.24) is 4.90 Å². The first-order chi connectivity index (χ1) is 15.2. The average molecular weight is 476 g/mol. The second-order valence-electron chi connectivity index (χ2n) is 9.48. The Kier molecular flexibility index (Phi) is 10.7. The molecule has 33 heavy (non-hydrogen) atoms. The molecule has 0 aromatic carbocycles. The molecule has 1 aliphatic heterocycles. The number of amides is 2. The first-order valence-electron chi connectivity index (χ1n) is 10.9. The molecule has 0 unspecified atom stereocenters. The highest BCUT2D eigenvalue weighted by molar-refractivity contribution is 5.94. The van der Waals surface area contributed by atoms with Crippen LogP contribution in [0.1, 0.15) is 55.4 Å². The fourth-order valence-corrected chi connectivity index (χ4v) is 2.96. The lowest BCUT2D eigenvalue weighted by molar-refractivity contribution is -0.169. The Labute approximate surface area is 194 Å². The van der Waals surface area contributed by atoms with Crippen molar-refractivity contribution >= 4 is 24.4 Å². The molecule has 1 fully saturated rings. The van der Waals surface area contributed by atoms with E-state index in [9.17, 15) is 19.2 Å². The van der Waals surface area contributed by atoms with Gasteiger partial charge in [-0.2, -0.15) is 4.90 Å². The predicted octanol–water partition coefficient (Wildman–Crippen LogP) is 2.48.